The Kier molecular flexibility index (Phi) is 6.27. The van der Waals surface area contributed by atoms with Gasteiger partial charge in [0.1, 0.15) is 0 Å². The Hall–Kier alpha value is -1.63. The van der Waals surface area contributed by atoms with Crippen LogP contribution in [0.25, 0.3) is 0 Å². The van der Waals surface area contributed by atoms with Gasteiger partial charge in [-0.2, -0.15) is 9.97 Å². The van der Waals surface area contributed by atoms with Crippen molar-refractivity contribution in [1.29, 1.82) is 0 Å². The third kappa shape index (κ3) is 6.19. The lowest BCUT2D eigenvalue weighted by Gasteiger charge is -2.11. The second-order valence-electron chi connectivity index (χ2n) is 4.65. The lowest BCUT2D eigenvalue weighted by Crippen LogP contribution is -2.16. The molecule has 0 saturated heterocycles. The third-order valence-corrected chi connectivity index (χ3v) is 2.14. The maximum atomic E-state index is 5.51. The first-order valence-corrected chi connectivity index (χ1v) is 6.39. The molecule has 108 valence electrons. The van der Waals surface area contributed by atoms with Gasteiger partial charge in [-0.3, -0.25) is 0 Å². The van der Waals surface area contributed by atoms with Crippen LogP contribution in [0.15, 0.2) is 0 Å². The number of hydrogen-bond acceptors (Lipinski definition) is 7. The van der Waals surface area contributed by atoms with E-state index in [2.05, 4.69) is 25.2 Å². The van der Waals surface area contributed by atoms with Crippen molar-refractivity contribution in [3.8, 4) is 12.0 Å². The minimum atomic E-state index is 0.00805. The number of hydrogen-bond donors (Lipinski definition) is 1. The summed E-state index contributed by atoms with van der Waals surface area (Å²) < 4.78 is 11.0. The second-order valence-corrected chi connectivity index (χ2v) is 4.65. The topological polar surface area (TPSA) is 72.4 Å². The van der Waals surface area contributed by atoms with Crippen LogP contribution in [0.3, 0.4) is 0 Å². The predicted molar refractivity (Wildman–Crippen MR) is 73.8 cm³/mol. The molecule has 0 fully saturated rings. The SMILES string of the molecule is CNc1nc(OCCCN(C)C)nc(OC(C)C)n1. The second kappa shape index (κ2) is 7.73. The van der Waals surface area contributed by atoms with Crippen molar-refractivity contribution in [3.05, 3.63) is 0 Å². The third-order valence-electron chi connectivity index (χ3n) is 2.14. The van der Waals surface area contributed by atoms with E-state index in [0.29, 0.717) is 12.6 Å². The van der Waals surface area contributed by atoms with E-state index in [4.69, 9.17) is 9.47 Å². The summed E-state index contributed by atoms with van der Waals surface area (Å²) in [5.74, 6) is 0.438. The van der Waals surface area contributed by atoms with Gasteiger partial charge in [-0.15, -0.1) is 4.98 Å². The summed E-state index contributed by atoms with van der Waals surface area (Å²) in [6, 6.07) is 0.561. The Morgan fingerprint density at radius 2 is 1.84 bits per heavy atom. The molecule has 7 heteroatoms. The van der Waals surface area contributed by atoms with Gasteiger partial charge in [0, 0.05) is 13.6 Å². The lowest BCUT2D eigenvalue weighted by atomic mass is 10.4. The van der Waals surface area contributed by atoms with Gasteiger partial charge in [-0.1, -0.05) is 0 Å². The average Bonchev–Trinajstić information content (AvgIpc) is 2.33. The van der Waals surface area contributed by atoms with Gasteiger partial charge in [0.25, 0.3) is 0 Å². The van der Waals surface area contributed by atoms with Crippen molar-refractivity contribution in [3.63, 3.8) is 0 Å². The zero-order chi connectivity index (χ0) is 14.3. The lowest BCUT2D eigenvalue weighted by molar-refractivity contribution is 0.211. The molecule has 0 radical (unpaired) electrons. The first-order valence-electron chi connectivity index (χ1n) is 6.39. The van der Waals surface area contributed by atoms with E-state index in [1.807, 2.05) is 27.9 Å². The van der Waals surface area contributed by atoms with E-state index in [1.165, 1.54) is 0 Å². The molecule has 0 unspecified atom stereocenters. The fourth-order valence-electron chi connectivity index (χ4n) is 1.32. The van der Waals surface area contributed by atoms with Crippen LogP contribution in [-0.4, -0.2) is 60.3 Å². The Balaban J connectivity index is 2.60. The van der Waals surface area contributed by atoms with Crippen LogP contribution in [0.5, 0.6) is 12.0 Å². The van der Waals surface area contributed by atoms with Gasteiger partial charge in [-0.05, 0) is 34.4 Å². The van der Waals surface area contributed by atoms with Gasteiger partial charge in [0.15, 0.2) is 0 Å². The maximum absolute atomic E-state index is 5.51. The molecule has 0 aliphatic rings. The van der Waals surface area contributed by atoms with E-state index in [1.54, 1.807) is 7.05 Å². The minimum Gasteiger partial charge on any atom is -0.463 e. The van der Waals surface area contributed by atoms with Crippen LogP contribution >= 0.6 is 0 Å². The molecule has 0 aromatic carbocycles. The Morgan fingerprint density at radius 3 is 2.42 bits per heavy atom. The van der Waals surface area contributed by atoms with E-state index in [0.717, 1.165) is 13.0 Å². The fraction of sp³-hybridized carbons (Fsp3) is 0.750. The zero-order valence-corrected chi connectivity index (χ0v) is 12.3. The van der Waals surface area contributed by atoms with Crippen LogP contribution in [0.1, 0.15) is 20.3 Å². The van der Waals surface area contributed by atoms with Crippen LogP contribution in [0.2, 0.25) is 0 Å². The molecule has 0 saturated carbocycles. The van der Waals surface area contributed by atoms with Gasteiger partial charge in [0.05, 0.1) is 12.7 Å². The number of anilines is 1. The molecule has 0 aliphatic heterocycles. The molecule has 7 nitrogen and oxygen atoms in total. The highest BCUT2D eigenvalue weighted by Crippen LogP contribution is 2.13. The van der Waals surface area contributed by atoms with Crippen molar-refractivity contribution in [2.75, 3.05) is 39.6 Å². The van der Waals surface area contributed by atoms with Crippen LogP contribution < -0.4 is 14.8 Å². The van der Waals surface area contributed by atoms with E-state index in [9.17, 15) is 0 Å². The molecule has 1 aromatic heterocycles. The largest absolute Gasteiger partial charge is 0.463 e. The number of rotatable bonds is 8. The van der Waals surface area contributed by atoms with Gasteiger partial charge in [0.2, 0.25) is 5.95 Å². The predicted octanol–water partition coefficient (Wildman–Crippen LogP) is 1.03. The van der Waals surface area contributed by atoms with Crippen molar-refractivity contribution >= 4 is 5.95 Å². The molecule has 0 spiro atoms. The molecular weight excluding hydrogens is 246 g/mol. The Bertz CT molecular complexity index is 384. The van der Waals surface area contributed by atoms with Crippen LogP contribution in [0, 0.1) is 0 Å². The summed E-state index contributed by atoms with van der Waals surface area (Å²) >= 11 is 0. The molecule has 0 atom stereocenters. The number of aromatic nitrogens is 3. The molecule has 0 aliphatic carbocycles. The molecule has 1 N–H and O–H groups in total. The number of nitrogens with zero attached hydrogens (tertiary/aromatic N) is 4. The number of ether oxygens (including phenoxy) is 2. The monoisotopic (exact) mass is 269 g/mol. The summed E-state index contributed by atoms with van der Waals surface area (Å²) in [6.45, 7) is 5.35. The van der Waals surface area contributed by atoms with Crippen molar-refractivity contribution in [2.45, 2.75) is 26.4 Å². The molecule has 0 amide bonds. The first-order chi connectivity index (χ1) is 9.01. The summed E-state index contributed by atoms with van der Waals surface area (Å²) in [5, 5.41) is 2.86. The molecule has 0 bridgehead atoms. The Morgan fingerprint density at radius 1 is 1.16 bits per heavy atom. The van der Waals surface area contributed by atoms with Gasteiger partial charge in [-0.25, -0.2) is 0 Å². The summed E-state index contributed by atoms with van der Waals surface area (Å²) in [6.07, 6.45) is 0.919. The van der Waals surface area contributed by atoms with Gasteiger partial charge >= 0.3 is 12.0 Å². The smallest absolute Gasteiger partial charge is 0.324 e. The molecule has 1 rings (SSSR count). The van der Waals surface area contributed by atoms with Gasteiger partial charge < -0.3 is 19.7 Å². The van der Waals surface area contributed by atoms with Crippen molar-refractivity contribution in [1.82, 2.24) is 19.9 Å². The molecule has 1 heterocycles. The van der Waals surface area contributed by atoms with E-state index in [-0.39, 0.29) is 18.1 Å². The highest BCUT2D eigenvalue weighted by Gasteiger charge is 2.09. The summed E-state index contributed by atoms with van der Waals surface area (Å²) in [4.78, 5) is 14.4. The highest BCUT2D eigenvalue weighted by atomic mass is 16.5. The minimum absolute atomic E-state index is 0.00805. The first kappa shape index (κ1) is 15.4. The zero-order valence-electron chi connectivity index (χ0n) is 12.3. The van der Waals surface area contributed by atoms with Crippen LogP contribution in [0.4, 0.5) is 5.95 Å². The normalized spacial score (nSPS) is 10.9. The molecule has 19 heavy (non-hydrogen) atoms. The molecule has 1 aromatic rings. The highest BCUT2D eigenvalue weighted by molar-refractivity contribution is 5.26. The summed E-state index contributed by atoms with van der Waals surface area (Å²) in [5.41, 5.74) is 0. The fourth-order valence-corrected chi connectivity index (χ4v) is 1.32. The molecular formula is C12H23N5O2. The quantitative estimate of drug-likeness (QED) is 0.707. The van der Waals surface area contributed by atoms with Crippen LogP contribution in [-0.2, 0) is 0 Å². The summed E-state index contributed by atoms with van der Waals surface area (Å²) in [7, 11) is 5.79. The maximum Gasteiger partial charge on any atom is 0.324 e. The van der Waals surface area contributed by atoms with E-state index >= 15 is 0 Å². The van der Waals surface area contributed by atoms with Crippen molar-refractivity contribution < 1.29 is 9.47 Å². The number of nitrogens with one attached hydrogen (secondary N) is 1. The van der Waals surface area contributed by atoms with Crippen molar-refractivity contribution in [2.24, 2.45) is 0 Å². The van der Waals surface area contributed by atoms with E-state index < -0.39 is 0 Å². The standard InChI is InChI=1S/C12H23N5O2/c1-9(2)19-12-15-10(13-3)14-11(16-12)18-8-6-7-17(4)5/h9H,6-8H2,1-5H3,(H,13,14,15,16). The Labute approximate surface area is 114 Å². The average molecular weight is 269 g/mol.